The van der Waals surface area contributed by atoms with Crippen molar-refractivity contribution in [2.45, 2.75) is 17.3 Å². The fourth-order valence-electron chi connectivity index (χ4n) is 2.33. The Bertz CT molecular complexity index is 830. The number of thioether (sulfide) groups is 1. The molecule has 25 heavy (non-hydrogen) atoms. The average molecular weight is 548 g/mol. The number of benzene rings is 1. The van der Waals surface area contributed by atoms with Crippen LogP contribution in [0.2, 0.25) is 0 Å². The lowest BCUT2D eigenvalue weighted by Gasteiger charge is -2.14. The molecule has 1 aliphatic heterocycles. The van der Waals surface area contributed by atoms with Crippen LogP contribution in [0.4, 0.5) is 0 Å². The Morgan fingerprint density at radius 3 is 2.72 bits per heavy atom. The molecule has 7 heteroatoms. The van der Waals surface area contributed by atoms with E-state index in [1.165, 1.54) is 11.8 Å². The second-order valence-corrected chi connectivity index (χ2v) is 10.3. The van der Waals surface area contributed by atoms with Gasteiger partial charge in [-0.3, -0.25) is 9.69 Å². The van der Waals surface area contributed by atoms with Gasteiger partial charge in [-0.15, -0.1) is 0 Å². The van der Waals surface area contributed by atoms with Gasteiger partial charge in [0.2, 0.25) is 0 Å². The summed E-state index contributed by atoms with van der Waals surface area (Å²) in [7, 11) is 0. The molecule has 1 amide bonds. The maximum Gasteiger partial charge on any atom is 0.266 e. The van der Waals surface area contributed by atoms with Crippen LogP contribution >= 0.6 is 62.5 Å². The number of hydrogen-bond donors (Lipinski definition) is 0. The van der Waals surface area contributed by atoms with E-state index in [9.17, 15) is 4.79 Å². The van der Waals surface area contributed by atoms with Crippen molar-refractivity contribution in [2.75, 3.05) is 6.54 Å². The standard InChI is InChI=1S/C18H15BrINO2S2/c1-11(20)8-9-21-17(22)16(25-18(21)24)10-14-6-7-15(23-14)12-2-4-13(19)5-3-12/h2-7,10-11H,8-9H2,1H3/b16-10+. The lowest BCUT2D eigenvalue weighted by molar-refractivity contribution is -0.122. The Morgan fingerprint density at radius 2 is 2.04 bits per heavy atom. The number of carbonyl (C=O) groups is 1. The zero-order valence-electron chi connectivity index (χ0n) is 13.4. The van der Waals surface area contributed by atoms with E-state index in [0.29, 0.717) is 25.5 Å². The molecule has 0 spiro atoms. The monoisotopic (exact) mass is 547 g/mol. The summed E-state index contributed by atoms with van der Waals surface area (Å²) in [6.45, 7) is 2.79. The highest BCUT2D eigenvalue weighted by Gasteiger charge is 2.32. The molecule has 2 heterocycles. The summed E-state index contributed by atoms with van der Waals surface area (Å²) in [5, 5.41) is 0. The molecular weight excluding hydrogens is 533 g/mol. The Balaban J connectivity index is 1.76. The minimum atomic E-state index is -0.0337. The molecule has 1 saturated heterocycles. The first-order chi connectivity index (χ1) is 11.9. The van der Waals surface area contributed by atoms with Crippen molar-refractivity contribution in [1.82, 2.24) is 4.90 Å². The number of amides is 1. The van der Waals surface area contributed by atoms with E-state index < -0.39 is 0 Å². The first-order valence-corrected chi connectivity index (χ1v) is 11.0. The van der Waals surface area contributed by atoms with Crippen LogP contribution in [0.15, 0.2) is 50.2 Å². The van der Waals surface area contributed by atoms with Gasteiger partial charge >= 0.3 is 0 Å². The van der Waals surface area contributed by atoms with Gasteiger partial charge in [-0.2, -0.15) is 0 Å². The minimum absolute atomic E-state index is 0.0337. The van der Waals surface area contributed by atoms with Crippen molar-refractivity contribution in [2.24, 2.45) is 0 Å². The van der Waals surface area contributed by atoms with Crippen molar-refractivity contribution in [3.05, 3.63) is 51.5 Å². The van der Waals surface area contributed by atoms with E-state index in [1.807, 2.05) is 36.4 Å². The van der Waals surface area contributed by atoms with E-state index in [0.717, 1.165) is 22.2 Å². The van der Waals surface area contributed by atoms with Gasteiger partial charge in [-0.05, 0) is 30.7 Å². The van der Waals surface area contributed by atoms with Gasteiger partial charge in [-0.25, -0.2) is 0 Å². The Hall–Kier alpha value is -0.640. The molecular formula is C18H15BrINO2S2. The summed E-state index contributed by atoms with van der Waals surface area (Å²) in [4.78, 5) is 14.8. The number of carbonyl (C=O) groups excluding carboxylic acids is 1. The van der Waals surface area contributed by atoms with Crippen molar-refractivity contribution < 1.29 is 9.21 Å². The topological polar surface area (TPSA) is 33.5 Å². The zero-order chi connectivity index (χ0) is 18.0. The molecule has 0 aliphatic carbocycles. The van der Waals surface area contributed by atoms with Gasteiger partial charge in [-0.1, -0.05) is 81.6 Å². The molecule has 0 bridgehead atoms. The number of furan rings is 1. The van der Waals surface area contributed by atoms with Gasteiger partial charge < -0.3 is 4.42 Å². The third-order valence-electron chi connectivity index (χ3n) is 3.65. The highest BCUT2D eigenvalue weighted by Crippen LogP contribution is 2.34. The van der Waals surface area contributed by atoms with Crippen molar-refractivity contribution in [3.8, 4) is 11.3 Å². The molecule has 3 nitrogen and oxygen atoms in total. The molecule has 1 unspecified atom stereocenters. The number of rotatable bonds is 5. The van der Waals surface area contributed by atoms with E-state index in [-0.39, 0.29) is 5.91 Å². The quantitative estimate of drug-likeness (QED) is 0.195. The van der Waals surface area contributed by atoms with Crippen LogP contribution in [0, 0.1) is 0 Å². The second kappa shape index (κ2) is 8.37. The van der Waals surface area contributed by atoms with Crippen LogP contribution in [-0.2, 0) is 4.79 Å². The molecule has 1 atom stereocenters. The molecule has 130 valence electrons. The first kappa shape index (κ1) is 19.1. The Kier molecular flexibility index (Phi) is 6.40. The van der Waals surface area contributed by atoms with E-state index in [4.69, 9.17) is 16.6 Å². The van der Waals surface area contributed by atoms with E-state index >= 15 is 0 Å². The maximum atomic E-state index is 12.5. The minimum Gasteiger partial charge on any atom is -0.457 e. The number of hydrogen-bond acceptors (Lipinski definition) is 4. The van der Waals surface area contributed by atoms with Gasteiger partial charge in [0.05, 0.1) is 4.91 Å². The summed E-state index contributed by atoms with van der Waals surface area (Å²) in [6.07, 6.45) is 2.70. The predicted molar refractivity (Wildman–Crippen MR) is 120 cm³/mol. The second-order valence-electron chi connectivity index (χ2n) is 5.61. The Labute approximate surface area is 178 Å². The molecule has 0 N–H and O–H groups in total. The fourth-order valence-corrected chi connectivity index (χ4v) is 4.16. The predicted octanol–water partition coefficient (Wildman–Crippen LogP) is 6.12. The van der Waals surface area contributed by atoms with Crippen LogP contribution in [-0.4, -0.2) is 25.6 Å². The Morgan fingerprint density at radius 1 is 1.32 bits per heavy atom. The van der Waals surface area contributed by atoms with Crippen LogP contribution in [0.25, 0.3) is 17.4 Å². The summed E-state index contributed by atoms with van der Waals surface area (Å²) in [6, 6.07) is 11.7. The van der Waals surface area contributed by atoms with Gasteiger partial charge in [0.1, 0.15) is 15.8 Å². The van der Waals surface area contributed by atoms with Gasteiger partial charge in [0.15, 0.2) is 0 Å². The van der Waals surface area contributed by atoms with E-state index in [2.05, 4.69) is 45.4 Å². The largest absolute Gasteiger partial charge is 0.457 e. The van der Waals surface area contributed by atoms with Gasteiger partial charge in [0.25, 0.3) is 5.91 Å². The number of nitrogens with zero attached hydrogens (tertiary/aromatic N) is 1. The lowest BCUT2D eigenvalue weighted by Crippen LogP contribution is -2.30. The summed E-state index contributed by atoms with van der Waals surface area (Å²) >= 11 is 12.5. The molecule has 1 fully saturated rings. The zero-order valence-corrected chi connectivity index (χ0v) is 18.7. The first-order valence-electron chi connectivity index (χ1n) is 7.69. The SMILES string of the molecule is CC(I)CCN1C(=O)/C(=C\c2ccc(-c3ccc(Br)cc3)o2)SC1=S. The molecule has 0 saturated carbocycles. The molecule has 1 aromatic carbocycles. The fraction of sp³-hybridized carbons (Fsp3) is 0.222. The number of thiocarbonyl (C=S) groups is 1. The van der Waals surface area contributed by atoms with Crippen molar-refractivity contribution >= 4 is 78.8 Å². The normalized spacial score (nSPS) is 17.6. The lowest BCUT2D eigenvalue weighted by atomic mass is 10.2. The summed E-state index contributed by atoms with van der Waals surface area (Å²) in [5.74, 6) is 1.39. The summed E-state index contributed by atoms with van der Waals surface area (Å²) in [5.41, 5.74) is 0.992. The van der Waals surface area contributed by atoms with Gasteiger partial charge in [0, 0.05) is 26.6 Å². The van der Waals surface area contributed by atoms with Crippen molar-refractivity contribution in [1.29, 1.82) is 0 Å². The number of halogens is 2. The third kappa shape index (κ3) is 4.75. The average Bonchev–Trinajstić information content (AvgIpc) is 3.12. The smallest absolute Gasteiger partial charge is 0.266 e. The molecule has 2 aromatic rings. The number of alkyl halides is 1. The summed E-state index contributed by atoms with van der Waals surface area (Å²) < 4.78 is 8.01. The molecule has 0 radical (unpaired) electrons. The third-order valence-corrected chi connectivity index (χ3v) is 6.18. The van der Waals surface area contributed by atoms with Crippen LogP contribution in [0.3, 0.4) is 0 Å². The van der Waals surface area contributed by atoms with Crippen LogP contribution in [0.5, 0.6) is 0 Å². The maximum absolute atomic E-state index is 12.5. The highest BCUT2D eigenvalue weighted by molar-refractivity contribution is 14.1. The molecule has 1 aliphatic rings. The van der Waals surface area contributed by atoms with Crippen molar-refractivity contribution in [3.63, 3.8) is 0 Å². The van der Waals surface area contributed by atoms with Crippen LogP contribution in [0.1, 0.15) is 19.1 Å². The molecule has 1 aromatic heterocycles. The molecule has 3 rings (SSSR count). The highest BCUT2D eigenvalue weighted by atomic mass is 127. The van der Waals surface area contributed by atoms with Crippen LogP contribution < -0.4 is 0 Å². The van der Waals surface area contributed by atoms with E-state index in [1.54, 1.807) is 11.0 Å².